The largest absolute Gasteiger partial charge is 0.481 e. The molecule has 100 valence electrons. The number of ether oxygens (including phenoxy) is 1. The fourth-order valence-electron chi connectivity index (χ4n) is 1.96. The molecule has 2 heterocycles. The van der Waals surface area contributed by atoms with Gasteiger partial charge in [-0.3, -0.25) is 4.99 Å². The number of pyridine rings is 1. The Bertz CT molecular complexity index is 568. The van der Waals surface area contributed by atoms with Crippen molar-refractivity contribution < 1.29 is 4.74 Å². The fourth-order valence-corrected chi connectivity index (χ4v) is 1.96. The Morgan fingerprint density at radius 3 is 2.68 bits per heavy atom. The molecule has 0 saturated heterocycles. The van der Waals surface area contributed by atoms with Crippen molar-refractivity contribution in [3.05, 3.63) is 41.9 Å². The quantitative estimate of drug-likeness (QED) is 0.786. The smallest absolute Gasteiger partial charge is 0.213 e. The second-order valence-corrected chi connectivity index (χ2v) is 4.73. The highest BCUT2D eigenvalue weighted by Gasteiger charge is 2.03. The number of aryl methyl sites for hydroxylation is 1. The zero-order chi connectivity index (χ0) is 13.8. The van der Waals surface area contributed by atoms with Crippen molar-refractivity contribution in [1.29, 1.82) is 0 Å². The summed E-state index contributed by atoms with van der Waals surface area (Å²) < 4.78 is 7.24. The van der Waals surface area contributed by atoms with Crippen LogP contribution >= 0.6 is 0 Å². The van der Waals surface area contributed by atoms with Crippen LogP contribution < -0.4 is 4.74 Å². The summed E-state index contributed by atoms with van der Waals surface area (Å²) >= 11 is 0. The Hall–Kier alpha value is -2.10. The molecular weight excluding hydrogens is 238 g/mol. The predicted octanol–water partition coefficient (Wildman–Crippen LogP) is 3.53. The number of aromatic nitrogens is 2. The highest BCUT2D eigenvalue weighted by molar-refractivity contribution is 5.81. The fraction of sp³-hybridized carbons (Fsp3) is 0.333. The average molecular weight is 257 g/mol. The van der Waals surface area contributed by atoms with Crippen molar-refractivity contribution in [2.24, 2.45) is 4.99 Å². The van der Waals surface area contributed by atoms with Gasteiger partial charge in [-0.05, 0) is 32.9 Å². The first-order valence-corrected chi connectivity index (χ1v) is 6.32. The highest BCUT2D eigenvalue weighted by Crippen LogP contribution is 2.16. The minimum atomic E-state index is 0.463. The van der Waals surface area contributed by atoms with E-state index in [0.29, 0.717) is 11.9 Å². The molecule has 0 radical (unpaired) electrons. The molecule has 2 rings (SSSR count). The van der Waals surface area contributed by atoms with Gasteiger partial charge >= 0.3 is 0 Å². The summed E-state index contributed by atoms with van der Waals surface area (Å²) in [5.41, 5.74) is 3.15. The molecule has 4 nitrogen and oxygen atoms in total. The molecule has 0 aliphatic carbocycles. The lowest BCUT2D eigenvalue weighted by Gasteiger charge is -2.08. The number of rotatable bonds is 4. The van der Waals surface area contributed by atoms with Crippen molar-refractivity contribution >= 4 is 11.9 Å². The molecule has 0 aliphatic rings. The van der Waals surface area contributed by atoms with Gasteiger partial charge in [0.15, 0.2) is 0 Å². The van der Waals surface area contributed by atoms with Crippen molar-refractivity contribution in [3.63, 3.8) is 0 Å². The average Bonchev–Trinajstić information content (AvgIpc) is 2.78. The second kappa shape index (κ2) is 5.69. The Morgan fingerprint density at radius 2 is 2.16 bits per heavy atom. The second-order valence-electron chi connectivity index (χ2n) is 4.73. The van der Waals surface area contributed by atoms with E-state index in [4.69, 9.17) is 4.74 Å². The molecule has 0 aliphatic heterocycles. The van der Waals surface area contributed by atoms with E-state index < -0.39 is 0 Å². The van der Waals surface area contributed by atoms with Gasteiger partial charge in [-0.2, -0.15) is 0 Å². The lowest BCUT2D eigenvalue weighted by atomic mass is 10.3. The van der Waals surface area contributed by atoms with Crippen molar-refractivity contribution in [3.8, 4) is 5.88 Å². The number of hydrogen-bond acceptors (Lipinski definition) is 3. The zero-order valence-electron chi connectivity index (χ0n) is 11.8. The third-order valence-corrected chi connectivity index (χ3v) is 2.92. The van der Waals surface area contributed by atoms with Crippen LogP contribution in [0.2, 0.25) is 0 Å². The van der Waals surface area contributed by atoms with Gasteiger partial charge in [-0.15, -0.1) is 0 Å². The molecule has 0 fully saturated rings. The Balaban J connectivity index is 2.15. The van der Waals surface area contributed by atoms with Crippen LogP contribution in [0.3, 0.4) is 0 Å². The molecule has 0 aromatic carbocycles. The monoisotopic (exact) mass is 257 g/mol. The van der Waals surface area contributed by atoms with Crippen LogP contribution in [0.1, 0.15) is 31.1 Å². The standard InChI is InChI=1S/C15H19N3O/c1-11(2)18-10-13(7-12(18)3)8-16-14-5-6-15(19-4)17-9-14/h5-11H,1-4H3. The predicted molar refractivity (Wildman–Crippen MR) is 77.6 cm³/mol. The first-order valence-electron chi connectivity index (χ1n) is 6.32. The SMILES string of the molecule is COc1ccc(N=Cc2cc(C)n(C(C)C)c2)cn1. The van der Waals surface area contributed by atoms with Crippen LogP contribution in [0.25, 0.3) is 0 Å². The summed E-state index contributed by atoms with van der Waals surface area (Å²) in [5, 5.41) is 0. The van der Waals surface area contributed by atoms with Crippen LogP contribution in [0.15, 0.2) is 35.6 Å². The third-order valence-electron chi connectivity index (χ3n) is 2.92. The first-order chi connectivity index (χ1) is 9.10. The summed E-state index contributed by atoms with van der Waals surface area (Å²) in [6.07, 6.45) is 5.66. The first kappa shape index (κ1) is 13.3. The van der Waals surface area contributed by atoms with Crippen LogP contribution in [0.5, 0.6) is 5.88 Å². The number of nitrogens with zero attached hydrogens (tertiary/aromatic N) is 3. The molecule has 0 unspecified atom stereocenters. The van der Waals surface area contributed by atoms with E-state index >= 15 is 0 Å². The highest BCUT2D eigenvalue weighted by atomic mass is 16.5. The van der Waals surface area contributed by atoms with Crippen LogP contribution in [0.4, 0.5) is 5.69 Å². The van der Waals surface area contributed by atoms with Crippen molar-refractivity contribution in [1.82, 2.24) is 9.55 Å². The molecule has 0 spiro atoms. The molecule has 0 amide bonds. The summed E-state index contributed by atoms with van der Waals surface area (Å²) in [5.74, 6) is 0.598. The Kier molecular flexibility index (Phi) is 4.00. The van der Waals surface area contributed by atoms with E-state index in [-0.39, 0.29) is 0 Å². The number of methoxy groups -OCH3 is 1. The third kappa shape index (κ3) is 3.22. The van der Waals surface area contributed by atoms with Gasteiger partial charge in [0.25, 0.3) is 0 Å². The Labute approximate surface area is 113 Å². The molecule has 0 N–H and O–H groups in total. The van der Waals surface area contributed by atoms with Gasteiger partial charge in [0.2, 0.25) is 5.88 Å². The molecule has 2 aromatic heterocycles. The van der Waals surface area contributed by atoms with E-state index in [9.17, 15) is 0 Å². The van der Waals surface area contributed by atoms with Gasteiger partial charge in [0, 0.05) is 35.8 Å². The summed E-state index contributed by atoms with van der Waals surface area (Å²) in [7, 11) is 1.60. The van der Waals surface area contributed by atoms with E-state index in [1.165, 1.54) is 5.69 Å². The van der Waals surface area contributed by atoms with Crippen molar-refractivity contribution in [2.45, 2.75) is 26.8 Å². The lowest BCUT2D eigenvalue weighted by molar-refractivity contribution is 0.398. The molecule has 0 atom stereocenters. The maximum Gasteiger partial charge on any atom is 0.213 e. The molecule has 4 heteroatoms. The molecular formula is C15H19N3O. The van der Waals surface area contributed by atoms with E-state index in [1.54, 1.807) is 19.4 Å². The zero-order valence-corrected chi connectivity index (χ0v) is 11.8. The molecule has 2 aromatic rings. The van der Waals surface area contributed by atoms with E-state index in [1.807, 2.05) is 12.3 Å². The normalized spacial score (nSPS) is 11.4. The summed E-state index contributed by atoms with van der Waals surface area (Å²) in [4.78, 5) is 8.53. The van der Waals surface area contributed by atoms with Gasteiger partial charge < -0.3 is 9.30 Å². The summed E-state index contributed by atoms with van der Waals surface area (Å²) in [6, 6.07) is 6.27. The van der Waals surface area contributed by atoms with Crippen LogP contribution in [-0.4, -0.2) is 22.9 Å². The minimum Gasteiger partial charge on any atom is -0.481 e. The maximum absolute atomic E-state index is 5.01. The maximum atomic E-state index is 5.01. The Morgan fingerprint density at radius 1 is 1.37 bits per heavy atom. The van der Waals surface area contributed by atoms with E-state index in [0.717, 1.165) is 11.3 Å². The molecule has 19 heavy (non-hydrogen) atoms. The number of hydrogen-bond donors (Lipinski definition) is 0. The molecule has 0 bridgehead atoms. The van der Waals surface area contributed by atoms with Gasteiger partial charge in [-0.1, -0.05) is 0 Å². The topological polar surface area (TPSA) is 39.4 Å². The molecule has 0 saturated carbocycles. The van der Waals surface area contributed by atoms with Gasteiger partial charge in [0.05, 0.1) is 19.0 Å². The lowest BCUT2D eigenvalue weighted by Crippen LogP contribution is -2.00. The minimum absolute atomic E-state index is 0.463. The van der Waals surface area contributed by atoms with Crippen molar-refractivity contribution in [2.75, 3.05) is 7.11 Å². The van der Waals surface area contributed by atoms with Crippen LogP contribution in [0, 0.1) is 6.92 Å². The number of aliphatic imine (C=N–C) groups is 1. The van der Waals surface area contributed by atoms with Gasteiger partial charge in [0.1, 0.15) is 0 Å². The summed E-state index contributed by atoms with van der Waals surface area (Å²) in [6.45, 7) is 6.44. The van der Waals surface area contributed by atoms with Crippen LogP contribution in [-0.2, 0) is 0 Å². The van der Waals surface area contributed by atoms with Gasteiger partial charge in [-0.25, -0.2) is 4.98 Å². The van der Waals surface area contributed by atoms with E-state index in [2.05, 4.69) is 47.6 Å².